The first-order valence-corrected chi connectivity index (χ1v) is 5.68. The molecule has 0 heterocycles. The molecule has 0 aliphatic heterocycles. The number of carbonyl (C=O) groups is 3. The number of carbonyl (C=O) groups excluding carboxylic acids is 3. The number of hydrogen-bond donors (Lipinski definition) is 1. The van der Waals surface area contributed by atoms with E-state index >= 15 is 0 Å². The maximum absolute atomic E-state index is 11.7. The van der Waals surface area contributed by atoms with Gasteiger partial charge in [0.05, 0.1) is 6.61 Å². The van der Waals surface area contributed by atoms with Gasteiger partial charge in [-0.05, 0) is 34.6 Å². The van der Waals surface area contributed by atoms with Crippen LogP contribution in [0, 0.1) is 5.92 Å². The molecular weight excluding hydrogens is 240 g/mol. The molecule has 0 aromatic rings. The van der Waals surface area contributed by atoms with Gasteiger partial charge in [-0.1, -0.05) is 0 Å². The number of aliphatic hydroxyl groups is 1. The molecule has 0 spiro atoms. The van der Waals surface area contributed by atoms with Crippen molar-refractivity contribution in [2.45, 2.75) is 46.3 Å². The van der Waals surface area contributed by atoms with Crippen LogP contribution in [0.15, 0.2) is 0 Å². The minimum Gasteiger partial charge on any atom is -0.464 e. The molecule has 6 nitrogen and oxygen atoms in total. The summed E-state index contributed by atoms with van der Waals surface area (Å²) >= 11 is 0. The summed E-state index contributed by atoms with van der Waals surface area (Å²) in [7, 11) is 0. The molecule has 18 heavy (non-hydrogen) atoms. The predicted octanol–water partition coefficient (Wildman–Crippen LogP) is 0.457. The summed E-state index contributed by atoms with van der Waals surface area (Å²) in [6.45, 7) is 7.59. The minimum atomic E-state index is -1.84. The highest BCUT2D eigenvalue weighted by Gasteiger charge is 2.39. The van der Waals surface area contributed by atoms with Gasteiger partial charge in [-0.3, -0.25) is 9.59 Å². The van der Waals surface area contributed by atoms with Gasteiger partial charge in [-0.15, -0.1) is 0 Å². The summed E-state index contributed by atoms with van der Waals surface area (Å²) in [5.74, 6) is -4.15. The molecule has 0 rings (SSSR count). The predicted molar refractivity (Wildman–Crippen MR) is 62.7 cm³/mol. The number of esters is 2. The highest BCUT2D eigenvalue weighted by Crippen LogP contribution is 2.16. The zero-order valence-corrected chi connectivity index (χ0v) is 11.4. The van der Waals surface area contributed by atoms with Crippen molar-refractivity contribution in [2.24, 2.45) is 5.92 Å². The standard InChI is InChI=1S/C12H20O6/c1-6-17-11(16)9(14)8(7(2)13)10(15)18-12(3,4)5/h8-9,14H,6H2,1-5H3. The average Bonchev–Trinajstić information content (AvgIpc) is 2.14. The van der Waals surface area contributed by atoms with E-state index in [-0.39, 0.29) is 6.61 Å². The van der Waals surface area contributed by atoms with Crippen molar-refractivity contribution < 1.29 is 29.0 Å². The Hall–Kier alpha value is -1.43. The molecule has 2 unspecified atom stereocenters. The maximum Gasteiger partial charge on any atom is 0.336 e. The molecule has 0 radical (unpaired) electrons. The summed E-state index contributed by atoms with van der Waals surface area (Å²) in [6.07, 6.45) is -1.84. The first kappa shape index (κ1) is 16.6. The maximum atomic E-state index is 11.7. The van der Waals surface area contributed by atoms with Gasteiger partial charge in [0.25, 0.3) is 0 Å². The Labute approximate surface area is 106 Å². The third kappa shape index (κ3) is 5.27. The third-order valence-electron chi connectivity index (χ3n) is 1.94. The molecule has 2 atom stereocenters. The highest BCUT2D eigenvalue weighted by molar-refractivity contribution is 6.02. The van der Waals surface area contributed by atoms with Crippen LogP contribution in [0.1, 0.15) is 34.6 Å². The van der Waals surface area contributed by atoms with E-state index in [9.17, 15) is 19.5 Å². The van der Waals surface area contributed by atoms with Crippen LogP contribution in [0.4, 0.5) is 0 Å². The van der Waals surface area contributed by atoms with Gasteiger partial charge in [-0.2, -0.15) is 0 Å². The van der Waals surface area contributed by atoms with E-state index in [0.29, 0.717) is 0 Å². The fourth-order valence-electron chi connectivity index (χ4n) is 1.25. The number of hydrogen-bond acceptors (Lipinski definition) is 6. The van der Waals surface area contributed by atoms with Gasteiger partial charge in [0, 0.05) is 0 Å². The Morgan fingerprint density at radius 3 is 2.00 bits per heavy atom. The lowest BCUT2D eigenvalue weighted by atomic mass is 9.98. The molecule has 0 fully saturated rings. The number of ketones is 1. The van der Waals surface area contributed by atoms with Gasteiger partial charge in [0.1, 0.15) is 11.4 Å². The van der Waals surface area contributed by atoms with E-state index in [1.807, 2.05) is 0 Å². The van der Waals surface area contributed by atoms with Crippen molar-refractivity contribution in [3.8, 4) is 0 Å². The van der Waals surface area contributed by atoms with Crippen LogP contribution in [-0.4, -0.2) is 41.1 Å². The van der Waals surface area contributed by atoms with Crippen molar-refractivity contribution in [2.75, 3.05) is 6.61 Å². The van der Waals surface area contributed by atoms with E-state index in [0.717, 1.165) is 6.92 Å². The van der Waals surface area contributed by atoms with Crippen LogP contribution in [0.2, 0.25) is 0 Å². The lowest BCUT2D eigenvalue weighted by Crippen LogP contribution is -2.43. The van der Waals surface area contributed by atoms with Crippen molar-refractivity contribution in [3.63, 3.8) is 0 Å². The molecule has 0 aromatic heterocycles. The molecule has 0 aliphatic rings. The summed E-state index contributed by atoms with van der Waals surface area (Å²) in [4.78, 5) is 34.4. The Kier molecular flexibility index (Phi) is 5.97. The Morgan fingerprint density at radius 1 is 1.17 bits per heavy atom. The fourth-order valence-corrected chi connectivity index (χ4v) is 1.25. The third-order valence-corrected chi connectivity index (χ3v) is 1.94. The normalized spacial score (nSPS) is 14.6. The van der Waals surface area contributed by atoms with Crippen molar-refractivity contribution >= 4 is 17.7 Å². The summed E-state index contributed by atoms with van der Waals surface area (Å²) in [6, 6.07) is 0. The Balaban J connectivity index is 4.92. The largest absolute Gasteiger partial charge is 0.464 e. The van der Waals surface area contributed by atoms with Gasteiger partial charge in [0.2, 0.25) is 0 Å². The number of rotatable bonds is 5. The Morgan fingerprint density at radius 2 is 1.67 bits per heavy atom. The molecule has 0 amide bonds. The van der Waals surface area contributed by atoms with E-state index in [2.05, 4.69) is 4.74 Å². The van der Waals surface area contributed by atoms with Crippen molar-refractivity contribution in [1.29, 1.82) is 0 Å². The highest BCUT2D eigenvalue weighted by atomic mass is 16.6. The summed E-state index contributed by atoms with van der Waals surface area (Å²) in [5.41, 5.74) is -0.806. The fraction of sp³-hybridized carbons (Fsp3) is 0.750. The lowest BCUT2D eigenvalue weighted by molar-refractivity contribution is -0.174. The molecule has 0 aliphatic carbocycles. The smallest absolute Gasteiger partial charge is 0.336 e. The first-order valence-electron chi connectivity index (χ1n) is 5.68. The topological polar surface area (TPSA) is 89.9 Å². The van der Waals surface area contributed by atoms with Gasteiger partial charge in [0.15, 0.2) is 12.0 Å². The molecule has 0 saturated carbocycles. The molecule has 6 heteroatoms. The van der Waals surface area contributed by atoms with Crippen molar-refractivity contribution in [1.82, 2.24) is 0 Å². The van der Waals surface area contributed by atoms with E-state index in [4.69, 9.17) is 4.74 Å². The van der Waals surface area contributed by atoms with E-state index < -0.39 is 35.3 Å². The average molecular weight is 260 g/mol. The van der Waals surface area contributed by atoms with E-state index in [1.165, 1.54) is 0 Å². The lowest BCUT2D eigenvalue weighted by Gasteiger charge is -2.24. The van der Waals surface area contributed by atoms with Crippen LogP contribution in [0.3, 0.4) is 0 Å². The molecule has 0 bridgehead atoms. The zero-order valence-electron chi connectivity index (χ0n) is 11.4. The van der Waals surface area contributed by atoms with Gasteiger partial charge < -0.3 is 14.6 Å². The van der Waals surface area contributed by atoms with Crippen LogP contribution in [0.5, 0.6) is 0 Å². The number of Topliss-reactive ketones (excluding diaryl/α,β-unsaturated/α-hetero) is 1. The molecule has 0 saturated heterocycles. The van der Waals surface area contributed by atoms with Crippen LogP contribution in [0.25, 0.3) is 0 Å². The molecule has 1 N–H and O–H groups in total. The Bertz CT molecular complexity index is 328. The number of ether oxygens (including phenoxy) is 2. The number of aliphatic hydroxyl groups excluding tert-OH is 1. The van der Waals surface area contributed by atoms with Crippen molar-refractivity contribution in [3.05, 3.63) is 0 Å². The second kappa shape index (κ2) is 6.49. The quantitative estimate of drug-likeness (QED) is 0.570. The first-order chi connectivity index (χ1) is 8.10. The van der Waals surface area contributed by atoms with Gasteiger partial charge >= 0.3 is 11.9 Å². The second-order valence-corrected chi connectivity index (χ2v) is 4.82. The zero-order chi connectivity index (χ0) is 14.5. The van der Waals surface area contributed by atoms with Crippen LogP contribution >= 0.6 is 0 Å². The SMILES string of the molecule is CCOC(=O)C(O)C(C(C)=O)C(=O)OC(C)(C)C. The summed E-state index contributed by atoms with van der Waals surface area (Å²) < 4.78 is 9.55. The van der Waals surface area contributed by atoms with Crippen LogP contribution in [-0.2, 0) is 23.9 Å². The molecular formula is C12H20O6. The molecule has 104 valence electrons. The summed E-state index contributed by atoms with van der Waals surface area (Å²) in [5, 5.41) is 9.65. The van der Waals surface area contributed by atoms with Gasteiger partial charge in [-0.25, -0.2) is 4.79 Å². The van der Waals surface area contributed by atoms with Crippen LogP contribution < -0.4 is 0 Å². The minimum absolute atomic E-state index is 0.0504. The second-order valence-electron chi connectivity index (χ2n) is 4.82. The monoisotopic (exact) mass is 260 g/mol. The molecule has 0 aromatic carbocycles. The van der Waals surface area contributed by atoms with E-state index in [1.54, 1.807) is 27.7 Å².